The highest BCUT2D eigenvalue weighted by Gasteiger charge is 2.42. The molecule has 3 fully saturated rings. The van der Waals surface area contributed by atoms with Crippen molar-refractivity contribution in [1.82, 2.24) is 10.2 Å². The molecule has 0 aromatic carbocycles. The zero-order valence-corrected chi connectivity index (χ0v) is 17.2. The summed E-state index contributed by atoms with van der Waals surface area (Å²) in [4.78, 5) is 2.62. The van der Waals surface area contributed by atoms with Crippen molar-refractivity contribution in [3.05, 3.63) is 0 Å². The van der Waals surface area contributed by atoms with Gasteiger partial charge in [0.05, 0.1) is 0 Å². The molecule has 3 N–H and O–H groups in total. The molecule has 2 heterocycles. The minimum Gasteiger partial charge on any atom is -0.328 e. The summed E-state index contributed by atoms with van der Waals surface area (Å²) in [7, 11) is 4.33. The first-order valence-corrected chi connectivity index (χ1v) is 11.7. The van der Waals surface area contributed by atoms with Crippen LogP contribution in [0.4, 0.5) is 0 Å². The van der Waals surface area contributed by atoms with Crippen LogP contribution in [-0.4, -0.2) is 57.9 Å². The molecule has 3 aliphatic rings. The second-order valence-corrected chi connectivity index (χ2v) is 12.7. The number of hydrogen-bond donors (Lipinski definition) is 3. The highest BCUT2D eigenvalue weighted by molar-refractivity contribution is 8.77. The smallest absolute Gasteiger partial charge is 0.0286 e. The Balaban J connectivity index is 1.42. The summed E-state index contributed by atoms with van der Waals surface area (Å²) in [5.41, 5.74) is 5.95. The van der Waals surface area contributed by atoms with Crippen molar-refractivity contribution < 1.29 is 0 Å². The minimum atomic E-state index is 0.192. The van der Waals surface area contributed by atoms with Crippen LogP contribution in [0, 0.1) is 0 Å². The van der Waals surface area contributed by atoms with E-state index in [1.165, 1.54) is 51.9 Å². The van der Waals surface area contributed by atoms with E-state index in [0.29, 0.717) is 15.5 Å². The van der Waals surface area contributed by atoms with Crippen molar-refractivity contribution in [2.75, 3.05) is 32.7 Å². The molecule has 0 amide bonds. The molecule has 23 heavy (non-hydrogen) atoms. The molecule has 3 nitrogen and oxygen atoms in total. The lowest BCUT2D eigenvalue weighted by molar-refractivity contribution is 0.152. The lowest BCUT2D eigenvalue weighted by Crippen LogP contribution is -2.55. The van der Waals surface area contributed by atoms with Gasteiger partial charge in [-0.3, -0.25) is 0 Å². The Hall–Kier alpha value is 0.930. The van der Waals surface area contributed by atoms with E-state index in [4.69, 9.17) is 18.4 Å². The zero-order chi connectivity index (χ0) is 16.6. The lowest BCUT2D eigenvalue weighted by atomic mass is 9.79. The van der Waals surface area contributed by atoms with Crippen molar-refractivity contribution in [2.24, 2.45) is 5.73 Å². The van der Waals surface area contributed by atoms with Gasteiger partial charge in [-0.1, -0.05) is 21.6 Å². The minimum absolute atomic E-state index is 0.192. The van der Waals surface area contributed by atoms with Crippen LogP contribution in [0.25, 0.3) is 0 Å². The van der Waals surface area contributed by atoms with E-state index in [2.05, 4.69) is 45.7 Å². The summed E-state index contributed by atoms with van der Waals surface area (Å²) in [6.07, 6.45) is 7.37. The molecule has 2 saturated heterocycles. The molecule has 1 saturated carbocycles. The van der Waals surface area contributed by atoms with Crippen molar-refractivity contribution >= 4 is 34.2 Å². The molecular weight excluding hydrogens is 342 g/mol. The number of piperidine rings is 2. The van der Waals surface area contributed by atoms with Crippen LogP contribution in [0.2, 0.25) is 0 Å². The lowest BCUT2D eigenvalue weighted by Gasteiger charge is -2.48. The first kappa shape index (κ1) is 18.7. The third-order valence-electron chi connectivity index (χ3n) is 5.82. The molecule has 3 rings (SSSR count). The number of thiol groups is 1. The van der Waals surface area contributed by atoms with Crippen molar-refractivity contribution in [2.45, 2.75) is 72.7 Å². The normalized spacial score (nSPS) is 37.3. The Morgan fingerprint density at radius 1 is 1.04 bits per heavy atom. The van der Waals surface area contributed by atoms with Crippen molar-refractivity contribution in [3.63, 3.8) is 0 Å². The Labute approximate surface area is 155 Å². The quantitative estimate of drug-likeness (QED) is 0.509. The van der Waals surface area contributed by atoms with Gasteiger partial charge in [0.25, 0.3) is 0 Å². The Bertz CT molecular complexity index is 398. The molecule has 0 atom stereocenters. The highest BCUT2D eigenvalue weighted by atomic mass is 33.1. The number of likely N-dealkylation sites (tertiary alicyclic amines) is 1. The third-order valence-corrected chi connectivity index (χ3v) is 10.7. The van der Waals surface area contributed by atoms with Gasteiger partial charge in [0.1, 0.15) is 0 Å². The largest absolute Gasteiger partial charge is 0.328 e. The van der Waals surface area contributed by atoms with Crippen LogP contribution in [0.3, 0.4) is 0 Å². The molecule has 1 aliphatic carbocycles. The number of nitrogens with two attached hydrogens (primary N) is 1. The maximum atomic E-state index is 5.95. The van der Waals surface area contributed by atoms with Crippen LogP contribution in [0.5, 0.6) is 0 Å². The van der Waals surface area contributed by atoms with E-state index in [1.54, 1.807) is 0 Å². The molecule has 0 radical (unpaired) electrons. The maximum Gasteiger partial charge on any atom is 0.0286 e. The van der Waals surface area contributed by atoms with E-state index in [-0.39, 0.29) is 4.75 Å². The molecule has 134 valence electrons. The molecule has 0 aromatic heterocycles. The Morgan fingerprint density at radius 3 is 2.09 bits per heavy atom. The summed E-state index contributed by atoms with van der Waals surface area (Å²) in [6.45, 7) is 10.9. The van der Waals surface area contributed by atoms with E-state index in [0.717, 1.165) is 19.4 Å². The van der Waals surface area contributed by atoms with Gasteiger partial charge in [-0.2, -0.15) is 12.6 Å². The molecule has 2 aliphatic heterocycles. The first-order chi connectivity index (χ1) is 10.8. The second-order valence-electron chi connectivity index (χ2n) is 8.49. The number of hydrogen-bond acceptors (Lipinski definition) is 6. The predicted octanol–water partition coefficient (Wildman–Crippen LogP) is 3.15. The van der Waals surface area contributed by atoms with E-state index < -0.39 is 0 Å². The molecule has 0 bridgehead atoms. The van der Waals surface area contributed by atoms with Gasteiger partial charge < -0.3 is 16.0 Å². The van der Waals surface area contributed by atoms with Gasteiger partial charge in [0.15, 0.2) is 0 Å². The Morgan fingerprint density at radius 2 is 1.57 bits per heavy atom. The standard InChI is InChI=1S/C17H33N3S3/c1-15(3-7-19-8-4-15)22-23-16(2)5-9-20(10-6-16)13-17(21)11-14(18)12-17/h14,19,21H,3-13,18H2,1-2H3. The maximum absolute atomic E-state index is 5.95. The summed E-state index contributed by atoms with van der Waals surface area (Å²) in [6, 6.07) is 0.389. The van der Waals surface area contributed by atoms with Gasteiger partial charge in [-0.05, 0) is 78.6 Å². The summed E-state index contributed by atoms with van der Waals surface area (Å²) >= 11 is 4.87. The first-order valence-electron chi connectivity index (χ1n) is 9.08. The molecule has 0 aromatic rings. The van der Waals surface area contributed by atoms with Crippen molar-refractivity contribution in [1.29, 1.82) is 0 Å². The number of nitrogens with zero attached hydrogens (tertiary/aromatic N) is 1. The summed E-state index contributed by atoms with van der Waals surface area (Å²) < 4.78 is 1.10. The zero-order valence-electron chi connectivity index (χ0n) is 14.6. The third kappa shape index (κ3) is 4.98. The average molecular weight is 376 g/mol. The highest BCUT2D eigenvalue weighted by Crippen LogP contribution is 2.51. The fraction of sp³-hybridized carbons (Fsp3) is 1.00. The van der Waals surface area contributed by atoms with Gasteiger partial charge in [-0.15, -0.1) is 0 Å². The molecular formula is C17H33N3S3. The van der Waals surface area contributed by atoms with Gasteiger partial charge in [0.2, 0.25) is 0 Å². The van der Waals surface area contributed by atoms with Crippen LogP contribution in [0.1, 0.15) is 52.4 Å². The fourth-order valence-corrected chi connectivity index (χ4v) is 7.97. The molecule has 6 heteroatoms. The SMILES string of the molecule is CC1(SSC2(C)CCN(CC3(S)CC(N)C3)CC2)CCNCC1. The Kier molecular flexibility index (Phi) is 5.92. The van der Waals surface area contributed by atoms with Gasteiger partial charge in [-0.25, -0.2) is 0 Å². The van der Waals surface area contributed by atoms with Gasteiger partial charge in [0, 0.05) is 26.8 Å². The van der Waals surface area contributed by atoms with Crippen LogP contribution >= 0.6 is 34.2 Å². The second kappa shape index (κ2) is 7.28. The van der Waals surface area contributed by atoms with Crippen LogP contribution < -0.4 is 11.1 Å². The molecule has 0 spiro atoms. The van der Waals surface area contributed by atoms with Crippen molar-refractivity contribution in [3.8, 4) is 0 Å². The monoisotopic (exact) mass is 375 g/mol. The molecule has 0 unspecified atom stereocenters. The van der Waals surface area contributed by atoms with E-state index >= 15 is 0 Å². The number of nitrogens with one attached hydrogen (secondary N) is 1. The van der Waals surface area contributed by atoms with E-state index in [1.807, 2.05) is 0 Å². The fourth-order valence-electron chi connectivity index (χ4n) is 3.97. The van der Waals surface area contributed by atoms with Crippen LogP contribution in [-0.2, 0) is 0 Å². The summed E-state index contributed by atoms with van der Waals surface area (Å²) in [5.74, 6) is 0. The van der Waals surface area contributed by atoms with E-state index in [9.17, 15) is 0 Å². The predicted molar refractivity (Wildman–Crippen MR) is 109 cm³/mol. The topological polar surface area (TPSA) is 41.3 Å². The number of rotatable bonds is 5. The van der Waals surface area contributed by atoms with Gasteiger partial charge >= 0.3 is 0 Å². The summed E-state index contributed by atoms with van der Waals surface area (Å²) in [5, 5.41) is 3.48. The van der Waals surface area contributed by atoms with Crippen LogP contribution in [0.15, 0.2) is 0 Å². The average Bonchev–Trinajstić information content (AvgIpc) is 2.48.